The summed E-state index contributed by atoms with van der Waals surface area (Å²) in [7, 11) is 3.13. The van der Waals surface area contributed by atoms with Crippen LogP contribution in [0.2, 0.25) is 0 Å². The number of hydrogen-bond acceptors (Lipinski definition) is 3. The van der Waals surface area contributed by atoms with Crippen molar-refractivity contribution in [2.75, 3.05) is 26.8 Å². The van der Waals surface area contributed by atoms with E-state index in [2.05, 4.69) is 0 Å². The Labute approximate surface area is 83.4 Å². The number of nitrogens with zero attached hydrogens (tertiary/aromatic N) is 1. The Balaban J connectivity index is 2.39. The molecule has 0 bridgehead atoms. The molecule has 1 rings (SSSR count). The number of hydrogen-bond donors (Lipinski definition) is 0. The number of ether oxygens (including phenoxy) is 1. The molecule has 1 saturated heterocycles. The van der Waals surface area contributed by atoms with E-state index in [0.29, 0.717) is 12.5 Å². The van der Waals surface area contributed by atoms with Gasteiger partial charge in [-0.3, -0.25) is 0 Å². The van der Waals surface area contributed by atoms with Crippen LogP contribution in [0.4, 0.5) is 0 Å². The van der Waals surface area contributed by atoms with Crippen LogP contribution in [0.25, 0.3) is 0 Å². The van der Waals surface area contributed by atoms with E-state index in [1.54, 1.807) is 0 Å². The lowest BCUT2D eigenvalue weighted by atomic mass is 10.0. The fourth-order valence-corrected chi connectivity index (χ4v) is 1.94. The van der Waals surface area contributed by atoms with E-state index in [9.17, 15) is 8.42 Å². The van der Waals surface area contributed by atoms with Gasteiger partial charge < -0.3 is 4.74 Å². The largest absolute Gasteiger partial charge is 0.381 e. The second kappa shape index (κ2) is 4.59. The Hall–Kier alpha value is 0.160. The zero-order valence-electron chi connectivity index (χ0n) is 7.57. The summed E-state index contributed by atoms with van der Waals surface area (Å²) >= 11 is 0. The van der Waals surface area contributed by atoms with Crippen molar-refractivity contribution in [2.45, 2.75) is 12.8 Å². The van der Waals surface area contributed by atoms with Crippen molar-refractivity contribution in [3.63, 3.8) is 0 Å². The topological polar surface area (TPSA) is 46.6 Å². The van der Waals surface area contributed by atoms with Crippen LogP contribution in [0.15, 0.2) is 0 Å². The lowest BCUT2D eigenvalue weighted by molar-refractivity contribution is 0.0621. The van der Waals surface area contributed by atoms with Gasteiger partial charge in [-0.05, 0) is 18.8 Å². The summed E-state index contributed by atoms with van der Waals surface area (Å²) < 4.78 is 28.1. The highest BCUT2D eigenvalue weighted by Crippen LogP contribution is 2.17. The monoisotopic (exact) mass is 227 g/mol. The van der Waals surface area contributed by atoms with Crippen LogP contribution in [0, 0.1) is 5.92 Å². The molecule has 0 amide bonds. The molecule has 1 heterocycles. The Morgan fingerprint density at radius 2 is 2.00 bits per heavy atom. The van der Waals surface area contributed by atoms with E-state index in [4.69, 9.17) is 15.4 Å². The maximum atomic E-state index is 10.9. The second-order valence-corrected chi connectivity index (χ2v) is 5.90. The summed E-state index contributed by atoms with van der Waals surface area (Å²) in [6.07, 6.45) is 1.83. The molecule has 4 nitrogen and oxygen atoms in total. The predicted molar refractivity (Wildman–Crippen MR) is 50.9 cm³/mol. The molecule has 0 spiro atoms. The molecular weight excluding hydrogens is 214 g/mol. The molecule has 0 unspecified atom stereocenters. The average molecular weight is 228 g/mol. The van der Waals surface area contributed by atoms with E-state index in [1.807, 2.05) is 0 Å². The Kier molecular flexibility index (Phi) is 3.97. The molecule has 6 heteroatoms. The van der Waals surface area contributed by atoms with E-state index in [1.165, 1.54) is 11.4 Å². The lowest BCUT2D eigenvalue weighted by Crippen LogP contribution is -2.31. The fraction of sp³-hybridized carbons (Fsp3) is 1.00. The predicted octanol–water partition coefficient (Wildman–Crippen LogP) is 0.828. The van der Waals surface area contributed by atoms with Crippen LogP contribution < -0.4 is 0 Å². The summed E-state index contributed by atoms with van der Waals surface area (Å²) in [6.45, 7) is 1.94. The van der Waals surface area contributed by atoms with Crippen LogP contribution in [0.5, 0.6) is 0 Å². The molecule has 13 heavy (non-hydrogen) atoms. The molecule has 0 radical (unpaired) electrons. The first-order chi connectivity index (χ1) is 6.00. The third-order valence-corrected chi connectivity index (χ3v) is 3.83. The van der Waals surface area contributed by atoms with Gasteiger partial charge in [0.15, 0.2) is 0 Å². The zero-order chi connectivity index (χ0) is 9.90. The Morgan fingerprint density at radius 1 is 1.46 bits per heavy atom. The summed E-state index contributed by atoms with van der Waals surface area (Å²) in [5, 5.41) is 0. The molecular formula is C7H14ClNO3S. The van der Waals surface area contributed by atoms with E-state index >= 15 is 0 Å². The minimum absolute atomic E-state index is 0.382. The van der Waals surface area contributed by atoms with Crippen LogP contribution >= 0.6 is 10.7 Å². The van der Waals surface area contributed by atoms with Crippen molar-refractivity contribution in [2.24, 2.45) is 5.92 Å². The van der Waals surface area contributed by atoms with E-state index in [-0.39, 0.29) is 0 Å². The van der Waals surface area contributed by atoms with Gasteiger partial charge in [0.05, 0.1) is 0 Å². The third kappa shape index (κ3) is 3.81. The molecule has 78 valence electrons. The summed E-state index contributed by atoms with van der Waals surface area (Å²) in [4.78, 5) is 0. The molecule has 1 aliphatic rings. The van der Waals surface area contributed by atoms with Gasteiger partial charge in [-0.15, -0.1) is 0 Å². The van der Waals surface area contributed by atoms with Crippen molar-refractivity contribution in [3.05, 3.63) is 0 Å². The quantitative estimate of drug-likeness (QED) is 0.671. The third-order valence-electron chi connectivity index (χ3n) is 2.23. The minimum atomic E-state index is -3.54. The van der Waals surface area contributed by atoms with Crippen LogP contribution in [0.1, 0.15) is 12.8 Å². The van der Waals surface area contributed by atoms with Crippen LogP contribution in [0.3, 0.4) is 0 Å². The molecule has 1 fully saturated rings. The first-order valence-corrected chi connectivity index (χ1v) is 6.50. The van der Waals surface area contributed by atoms with Crippen molar-refractivity contribution >= 4 is 19.9 Å². The molecule has 0 aromatic rings. The van der Waals surface area contributed by atoms with E-state index in [0.717, 1.165) is 26.1 Å². The summed E-state index contributed by atoms with van der Waals surface area (Å²) in [5.41, 5.74) is 0. The number of halogens is 1. The molecule has 0 atom stereocenters. The first-order valence-electron chi connectivity index (χ1n) is 4.24. The highest BCUT2D eigenvalue weighted by molar-refractivity contribution is 8.11. The molecule has 0 aromatic heterocycles. The molecule has 0 saturated carbocycles. The second-order valence-electron chi connectivity index (χ2n) is 3.28. The van der Waals surface area contributed by atoms with Gasteiger partial charge in [-0.25, -0.2) is 0 Å². The van der Waals surface area contributed by atoms with Crippen molar-refractivity contribution in [1.82, 2.24) is 4.31 Å². The van der Waals surface area contributed by atoms with Crippen molar-refractivity contribution in [3.8, 4) is 0 Å². The summed E-state index contributed by atoms with van der Waals surface area (Å²) in [6, 6.07) is 0. The zero-order valence-corrected chi connectivity index (χ0v) is 9.14. The van der Waals surface area contributed by atoms with Gasteiger partial charge in [-0.2, -0.15) is 12.7 Å². The Morgan fingerprint density at radius 3 is 2.46 bits per heavy atom. The smallest absolute Gasteiger partial charge is 0.299 e. The first kappa shape index (κ1) is 11.2. The maximum Gasteiger partial charge on any atom is 0.299 e. The van der Waals surface area contributed by atoms with Gasteiger partial charge in [0.25, 0.3) is 9.24 Å². The molecule has 0 N–H and O–H groups in total. The SMILES string of the molecule is CN(CC1CCOCC1)S(=O)(=O)Cl. The van der Waals surface area contributed by atoms with Crippen LogP contribution in [-0.4, -0.2) is 39.5 Å². The maximum absolute atomic E-state index is 10.9. The van der Waals surface area contributed by atoms with Gasteiger partial charge in [0.2, 0.25) is 0 Å². The molecule has 0 aliphatic carbocycles. The van der Waals surface area contributed by atoms with E-state index < -0.39 is 9.24 Å². The van der Waals surface area contributed by atoms with Crippen molar-refractivity contribution in [1.29, 1.82) is 0 Å². The lowest BCUT2D eigenvalue weighted by Gasteiger charge is -2.24. The highest BCUT2D eigenvalue weighted by atomic mass is 35.7. The van der Waals surface area contributed by atoms with Gasteiger partial charge in [0.1, 0.15) is 0 Å². The van der Waals surface area contributed by atoms with Gasteiger partial charge >= 0.3 is 0 Å². The fourth-order valence-electron chi connectivity index (χ4n) is 1.38. The highest BCUT2D eigenvalue weighted by Gasteiger charge is 2.21. The number of rotatable bonds is 3. The standard InChI is InChI=1S/C7H14ClNO3S/c1-9(13(8,10)11)6-7-2-4-12-5-3-7/h7H,2-6H2,1H3. The van der Waals surface area contributed by atoms with Gasteiger partial charge in [-0.1, -0.05) is 0 Å². The Bertz CT molecular complexity index is 248. The molecule has 1 aliphatic heterocycles. The average Bonchev–Trinajstić information content (AvgIpc) is 2.04. The molecule has 0 aromatic carbocycles. The normalized spacial score (nSPS) is 20.8. The van der Waals surface area contributed by atoms with Crippen LogP contribution in [-0.2, 0) is 14.0 Å². The van der Waals surface area contributed by atoms with Crippen molar-refractivity contribution < 1.29 is 13.2 Å². The minimum Gasteiger partial charge on any atom is -0.381 e. The van der Waals surface area contributed by atoms with Gasteiger partial charge in [0, 0.05) is 37.5 Å². The summed E-state index contributed by atoms with van der Waals surface area (Å²) in [5.74, 6) is 0.382.